The third-order valence-corrected chi connectivity index (χ3v) is 23.1. The molecular formula is C90H99Cl3FN23O5S. The number of nitrogens with zero attached hydrogens (tertiary/aromatic N) is 14. The highest BCUT2D eigenvalue weighted by molar-refractivity contribution is 7.89. The molecule has 0 bridgehead atoms. The monoisotopic (exact) mass is 1740 g/mol. The summed E-state index contributed by atoms with van der Waals surface area (Å²) >= 11 is 18.2. The molecule has 0 unspecified atom stereocenters. The minimum absolute atomic E-state index is 0.127. The van der Waals surface area contributed by atoms with Gasteiger partial charge < -0.3 is 64.6 Å². The zero-order valence-electron chi connectivity index (χ0n) is 70.5. The van der Waals surface area contributed by atoms with Crippen LogP contribution >= 0.6 is 34.8 Å². The van der Waals surface area contributed by atoms with Crippen LogP contribution in [0.5, 0.6) is 11.5 Å². The standard InChI is InChI=1S/C18H15Cl3N4.C16H21N5O3S.C15H19N3O.C14H16FN3.C14H15N3O.C13H13N5/c19-12-6-4-11(5-7-12)8-9-23-16-10-15(24-18(22)25-16)13-2-1-3-14(20)17(13)21;1-11-3-4-12(25(22,23)21-5-7-24-8-6-21)9-13(11)14-10-15(18-2)20-16(17)19-14;1-5-11-8-13(18-15(16)17-11)12-6-7-14(19-4)10(3)9(12)2;1-4-10-7-13(18-14(16)17-10)11-5-6-12(15)9(3)8(11)2;1-2-10-8-12(17-14(15)16-10)11-5-3-4-9-6-7-18-13(9)11;1-8-9(7-14)4-3-5-10(8)11-6-12(16-2)18-13(15)17-11/h1-7,10H,8-9H2,(H3,22,23,24,25);3-4,9-10H,5-8H2,1-2H3,(H3,17,18,19,20);6-8H,5H2,1-4H3,(H2,16,17,18);5-7H,4H2,1-3H3,(H2,16,17,18);3-5,8H,2,6-7H2,1H3,(H2,15,16,17);3-6H,1-2H3,(H3,15,16,17,18). The number of anilines is 9. The average Bonchev–Trinajstić information content (AvgIpc) is 1.77. The Balaban J connectivity index is 0.000000155. The molecule has 15 rings (SSSR count). The Hall–Kier alpha value is -13.0. The first-order chi connectivity index (χ1) is 59.0. The molecule has 8 heterocycles. The minimum atomic E-state index is -3.57. The number of hydrogen-bond donors (Lipinski definition) is 9. The smallest absolute Gasteiger partial charge is 0.243 e. The van der Waals surface area contributed by atoms with Gasteiger partial charge in [-0.1, -0.05) is 110 Å². The van der Waals surface area contributed by atoms with E-state index >= 15 is 0 Å². The van der Waals surface area contributed by atoms with Crippen LogP contribution in [0.2, 0.25) is 15.1 Å². The van der Waals surface area contributed by atoms with Crippen LogP contribution in [-0.4, -0.2) is 133 Å². The molecule has 0 radical (unpaired) electrons. The van der Waals surface area contributed by atoms with Crippen molar-refractivity contribution >= 4 is 98.0 Å². The number of ether oxygens (including phenoxy) is 3. The van der Waals surface area contributed by atoms with Crippen LogP contribution in [0.4, 0.5) is 57.5 Å². The minimum Gasteiger partial charge on any atom is -0.496 e. The number of aryl methyl sites for hydroxylation is 4. The van der Waals surface area contributed by atoms with E-state index in [9.17, 15) is 12.8 Å². The maximum atomic E-state index is 13.4. The summed E-state index contributed by atoms with van der Waals surface area (Å²) < 4.78 is 56.9. The fourth-order valence-electron chi connectivity index (χ4n) is 13.1. The number of halogens is 4. The molecule has 33 heteroatoms. The Morgan fingerprint density at radius 1 is 0.496 bits per heavy atom. The third-order valence-electron chi connectivity index (χ3n) is 20.1. The van der Waals surface area contributed by atoms with Gasteiger partial charge in [-0.25, -0.2) is 57.7 Å². The molecule has 2 aliphatic rings. The molecule has 0 atom stereocenters. The lowest BCUT2D eigenvalue weighted by atomic mass is 9.99. The summed E-state index contributed by atoms with van der Waals surface area (Å²) in [6, 6.07) is 50.4. The first-order valence-corrected chi connectivity index (χ1v) is 42.0. The Kier molecular flexibility index (Phi) is 32.2. The molecule has 0 spiro atoms. The summed E-state index contributed by atoms with van der Waals surface area (Å²) in [7, 11) is 1.61. The molecule has 638 valence electrons. The number of para-hydroxylation sites is 1. The van der Waals surface area contributed by atoms with Gasteiger partial charge in [0.15, 0.2) is 0 Å². The molecule has 7 aromatic carbocycles. The quantitative estimate of drug-likeness (QED) is 0.0385. The second kappa shape index (κ2) is 43.0. The Bertz CT molecular complexity index is 6020. The zero-order chi connectivity index (χ0) is 88.8. The number of hydrogen-bond acceptors (Lipinski definition) is 27. The van der Waals surface area contributed by atoms with Crippen LogP contribution in [0.15, 0.2) is 163 Å². The summed E-state index contributed by atoms with van der Waals surface area (Å²) in [5.74, 6) is 4.89. The van der Waals surface area contributed by atoms with Crippen molar-refractivity contribution in [2.45, 2.75) is 99.3 Å². The van der Waals surface area contributed by atoms with Crippen molar-refractivity contribution in [3.63, 3.8) is 0 Å². The Morgan fingerprint density at radius 2 is 0.959 bits per heavy atom. The number of benzene rings is 7. The highest BCUT2D eigenvalue weighted by Crippen LogP contribution is 2.39. The first-order valence-electron chi connectivity index (χ1n) is 39.4. The fourth-order valence-corrected chi connectivity index (χ4v) is 15.1. The molecule has 0 saturated carbocycles. The number of sulfonamides is 1. The number of nitriles is 1. The molecule has 28 nitrogen and oxygen atoms in total. The van der Waals surface area contributed by atoms with E-state index in [0.717, 1.165) is 139 Å². The second-order valence-electron chi connectivity index (χ2n) is 28.1. The number of fused-ring (bicyclic) bond motifs is 1. The van der Waals surface area contributed by atoms with Crippen molar-refractivity contribution in [2.75, 3.05) is 111 Å². The molecule has 123 heavy (non-hydrogen) atoms. The molecule has 1 fully saturated rings. The summed E-state index contributed by atoms with van der Waals surface area (Å²) in [6.45, 7) is 20.6. The number of aromatic nitrogens is 12. The number of nitrogens with two attached hydrogens (primary N) is 6. The number of rotatable bonds is 18. The molecule has 6 aromatic heterocycles. The maximum absolute atomic E-state index is 13.4. The second-order valence-corrected chi connectivity index (χ2v) is 31.3. The summed E-state index contributed by atoms with van der Waals surface area (Å²) in [5.41, 5.74) is 55.6. The van der Waals surface area contributed by atoms with Crippen LogP contribution < -0.4 is 59.8 Å². The van der Waals surface area contributed by atoms with Gasteiger partial charge in [-0.05, 0) is 197 Å². The predicted octanol–water partition coefficient (Wildman–Crippen LogP) is 16.6. The van der Waals surface area contributed by atoms with Gasteiger partial charge in [0.05, 0.1) is 87.7 Å². The average molecular weight is 1740 g/mol. The molecule has 2 aliphatic heterocycles. The van der Waals surface area contributed by atoms with Gasteiger partial charge in [0.2, 0.25) is 45.7 Å². The third kappa shape index (κ3) is 24.0. The van der Waals surface area contributed by atoms with E-state index in [1.807, 2.05) is 126 Å². The van der Waals surface area contributed by atoms with Gasteiger partial charge in [0, 0.05) is 114 Å². The zero-order valence-corrected chi connectivity index (χ0v) is 73.6. The molecular weight excluding hydrogens is 1640 g/mol. The highest BCUT2D eigenvalue weighted by Gasteiger charge is 2.28. The predicted molar refractivity (Wildman–Crippen MR) is 491 cm³/mol. The first kappa shape index (κ1) is 92.3. The van der Waals surface area contributed by atoms with Gasteiger partial charge >= 0.3 is 0 Å². The van der Waals surface area contributed by atoms with Crippen molar-refractivity contribution in [1.82, 2.24) is 64.1 Å². The number of nitrogen functional groups attached to an aromatic ring is 6. The van der Waals surface area contributed by atoms with Gasteiger partial charge in [0.1, 0.15) is 34.8 Å². The normalized spacial score (nSPS) is 12.0. The largest absolute Gasteiger partial charge is 0.496 e. The lowest BCUT2D eigenvalue weighted by molar-refractivity contribution is 0.0730. The molecule has 0 amide bonds. The van der Waals surface area contributed by atoms with E-state index in [0.29, 0.717) is 112 Å². The molecule has 13 aromatic rings. The van der Waals surface area contributed by atoms with E-state index in [1.165, 1.54) is 21.5 Å². The van der Waals surface area contributed by atoms with Crippen molar-refractivity contribution in [1.29, 1.82) is 5.26 Å². The number of morpholine rings is 1. The van der Waals surface area contributed by atoms with Crippen LogP contribution in [0.25, 0.3) is 67.5 Å². The van der Waals surface area contributed by atoms with Gasteiger partial charge in [-0.15, -0.1) is 0 Å². The Labute approximate surface area is 731 Å². The van der Waals surface area contributed by atoms with Crippen molar-refractivity contribution in [3.8, 4) is 85.1 Å². The lowest BCUT2D eigenvalue weighted by Crippen LogP contribution is -2.40. The van der Waals surface area contributed by atoms with Crippen LogP contribution in [0.1, 0.15) is 87.9 Å². The lowest BCUT2D eigenvalue weighted by Gasteiger charge is -2.26. The van der Waals surface area contributed by atoms with E-state index in [2.05, 4.69) is 109 Å². The summed E-state index contributed by atoms with van der Waals surface area (Å²) in [5, 5.41) is 19.8. The van der Waals surface area contributed by atoms with E-state index < -0.39 is 10.0 Å². The number of nitrogens with one attached hydrogen (secondary N) is 3. The Morgan fingerprint density at radius 3 is 1.50 bits per heavy atom. The summed E-state index contributed by atoms with van der Waals surface area (Å²) in [4.78, 5) is 50.7. The molecule has 0 aliphatic carbocycles. The van der Waals surface area contributed by atoms with Gasteiger partial charge in [-0.3, -0.25) is 0 Å². The SMILES string of the molecule is CCc1cc(-c2ccc(F)c(C)c2C)nc(N)n1.CCc1cc(-c2ccc(OC)c(C)c2C)nc(N)n1.CCc1cc(-c2cccc3c2OCC3)nc(N)n1.CNc1cc(-c2cc(S(=O)(=O)N3CCOCC3)ccc2C)nc(N)n1.CNc1cc(-c2cccc(C#N)c2C)nc(N)n1.Nc1nc(NCCc2ccc(Cl)cc2)cc(-c2cccc(Cl)c2Cl)n1. The fraction of sp³-hybridized carbons (Fsp3) is 0.256. The van der Waals surface area contributed by atoms with E-state index in [-0.39, 0.29) is 34.5 Å². The van der Waals surface area contributed by atoms with E-state index in [4.69, 9.17) is 88.7 Å². The van der Waals surface area contributed by atoms with Gasteiger partial charge in [0.25, 0.3) is 0 Å². The van der Waals surface area contributed by atoms with Crippen LogP contribution in [0, 0.1) is 58.7 Å². The van der Waals surface area contributed by atoms with E-state index in [1.54, 1.807) is 82.7 Å². The van der Waals surface area contributed by atoms with Crippen molar-refractivity contribution in [2.24, 2.45) is 0 Å². The molecule has 1 saturated heterocycles. The van der Waals surface area contributed by atoms with Crippen LogP contribution in [-0.2, 0) is 46.9 Å². The topological polar surface area (TPSA) is 436 Å². The highest BCUT2D eigenvalue weighted by atomic mass is 35.5. The van der Waals surface area contributed by atoms with Gasteiger partial charge in [-0.2, -0.15) is 24.5 Å². The van der Waals surface area contributed by atoms with Crippen molar-refractivity contribution < 1.29 is 27.0 Å². The summed E-state index contributed by atoms with van der Waals surface area (Å²) in [6.07, 6.45) is 4.27. The molecule has 15 N–H and O–H groups in total. The number of methoxy groups -OCH3 is 1. The van der Waals surface area contributed by atoms with Crippen LogP contribution in [0.3, 0.4) is 0 Å². The van der Waals surface area contributed by atoms with Crippen molar-refractivity contribution in [3.05, 3.63) is 246 Å². The maximum Gasteiger partial charge on any atom is 0.243 e.